The Morgan fingerprint density at radius 3 is 2.82 bits per heavy atom. The molecule has 0 spiro atoms. The van der Waals surface area contributed by atoms with E-state index in [-0.39, 0.29) is 5.56 Å². The number of benzene rings is 1. The molecule has 6 heteroatoms. The highest BCUT2D eigenvalue weighted by Gasteiger charge is 2.13. The van der Waals surface area contributed by atoms with E-state index in [9.17, 15) is 9.59 Å². The van der Waals surface area contributed by atoms with Gasteiger partial charge >= 0.3 is 5.63 Å². The number of fused-ring (bicyclic) bond motifs is 1. The zero-order chi connectivity index (χ0) is 15.9. The Kier molecular flexibility index (Phi) is 5.55. The molecular weight excluding hydrogens is 286 g/mol. The summed E-state index contributed by atoms with van der Waals surface area (Å²) in [7, 11) is 1.54. The third-order valence-corrected chi connectivity index (χ3v) is 3.02. The largest absolute Gasteiger partial charge is 0.493 e. The number of nitrogens with one attached hydrogen (secondary N) is 1. The van der Waals surface area contributed by atoms with Crippen molar-refractivity contribution in [1.29, 1.82) is 0 Å². The number of rotatable bonds is 7. The fourth-order valence-electron chi connectivity index (χ4n) is 1.92. The lowest BCUT2D eigenvalue weighted by Crippen LogP contribution is -2.30. The molecule has 0 atom stereocenters. The van der Waals surface area contributed by atoms with Crippen LogP contribution in [-0.2, 0) is 4.74 Å². The van der Waals surface area contributed by atoms with Crippen LogP contribution in [0.15, 0.2) is 33.5 Å². The quantitative estimate of drug-likeness (QED) is 0.625. The fourth-order valence-corrected chi connectivity index (χ4v) is 1.92. The molecule has 0 saturated carbocycles. The van der Waals surface area contributed by atoms with Crippen molar-refractivity contribution < 1.29 is 18.7 Å². The second-order valence-electron chi connectivity index (χ2n) is 4.74. The van der Waals surface area contributed by atoms with Gasteiger partial charge in [0.2, 0.25) is 0 Å². The SMILES string of the molecule is CCCOc1ccc2cc(C(=O)NCCOC)c(=O)oc2c1. The maximum atomic E-state index is 11.9. The van der Waals surface area contributed by atoms with E-state index in [1.807, 2.05) is 6.92 Å². The molecule has 1 aromatic heterocycles. The van der Waals surface area contributed by atoms with Crippen molar-refractivity contribution in [3.63, 3.8) is 0 Å². The average Bonchev–Trinajstić information content (AvgIpc) is 2.52. The molecule has 118 valence electrons. The maximum Gasteiger partial charge on any atom is 0.349 e. The van der Waals surface area contributed by atoms with E-state index in [1.165, 1.54) is 13.2 Å². The highest BCUT2D eigenvalue weighted by molar-refractivity contribution is 5.96. The lowest BCUT2D eigenvalue weighted by atomic mass is 10.1. The van der Waals surface area contributed by atoms with E-state index >= 15 is 0 Å². The van der Waals surface area contributed by atoms with Crippen LogP contribution in [0.4, 0.5) is 0 Å². The maximum absolute atomic E-state index is 11.9. The van der Waals surface area contributed by atoms with Gasteiger partial charge in [-0.3, -0.25) is 4.79 Å². The Morgan fingerprint density at radius 1 is 1.27 bits per heavy atom. The molecule has 0 radical (unpaired) electrons. The van der Waals surface area contributed by atoms with E-state index in [4.69, 9.17) is 13.9 Å². The molecule has 0 fully saturated rings. The third-order valence-electron chi connectivity index (χ3n) is 3.02. The van der Waals surface area contributed by atoms with Crippen LogP contribution in [0.3, 0.4) is 0 Å². The lowest BCUT2D eigenvalue weighted by Gasteiger charge is -2.07. The molecule has 0 aliphatic rings. The second kappa shape index (κ2) is 7.61. The minimum Gasteiger partial charge on any atom is -0.493 e. The lowest BCUT2D eigenvalue weighted by molar-refractivity contribution is 0.0933. The molecule has 0 aliphatic heterocycles. The van der Waals surface area contributed by atoms with Crippen LogP contribution in [0.5, 0.6) is 5.75 Å². The standard InChI is InChI=1S/C16H19NO5/c1-3-7-21-12-5-4-11-9-13(15(18)17-6-8-20-2)16(19)22-14(11)10-12/h4-5,9-10H,3,6-8H2,1-2H3,(H,17,18). The van der Waals surface area contributed by atoms with Crippen LogP contribution in [0.2, 0.25) is 0 Å². The fraction of sp³-hybridized carbons (Fsp3) is 0.375. The van der Waals surface area contributed by atoms with Gasteiger partial charge in [0, 0.05) is 25.1 Å². The average molecular weight is 305 g/mol. The van der Waals surface area contributed by atoms with Gasteiger partial charge in [0.25, 0.3) is 5.91 Å². The van der Waals surface area contributed by atoms with Crippen LogP contribution >= 0.6 is 0 Å². The van der Waals surface area contributed by atoms with Gasteiger partial charge in [-0.05, 0) is 24.6 Å². The van der Waals surface area contributed by atoms with Crippen LogP contribution in [0, 0.1) is 0 Å². The number of carbonyl (C=O) groups is 1. The highest BCUT2D eigenvalue weighted by Crippen LogP contribution is 2.20. The number of ether oxygens (including phenoxy) is 2. The summed E-state index contributed by atoms with van der Waals surface area (Å²) in [6.45, 7) is 3.31. The minimum atomic E-state index is -0.671. The monoisotopic (exact) mass is 305 g/mol. The van der Waals surface area contributed by atoms with Crippen molar-refractivity contribution in [3.8, 4) is 5.75 Å². The molecular formula is C16H19NO5. The van der Waals surface area contributed by atoms with Gasteiger partial charge in [-0.1, -0.05) is 6.92 Å². The van der Waals surface area contributed by atoms with Gasteiger partial charge in [0.05, 0.1) is 13.2 Å². The predicted octanol–water partition coefficient (Wildman–Crippen LogP) is 1.96. The summed E-state index contributed by atoms with van der Waals surface area (Å²) in [5, 5.41) is 3.26. The first-order chi connectivity index (χ1) is 10.7. The molecule has 0 bridgehead atoms. The molecule has 1 aromatic carbocycles. The van der Waals surface area contributed by atoms with E-state index in [0.717, 1.165) is 6.42 Å². The molecule has 22 heavy (non-hydrogen) atoms. The number of amides is 1. The van der Waals surface area contributed by atoms with E-state index in [0.29, 0.717) is 36.5 Å². The summed E-state index contributed by atoms with van der Waals surface area (Å²) >= 11 is 0. The normalized spacial score (nSPS) is 10.6. The molecule has 1 heterocycles. The van der Waals surface area contributed by atoms with Crippen molar-refractivity contribution >= 4 is 16.9 Å². The van der Waals surface area contributed by atoms with Gasteiger partial charge in [0.15, 0.2) is 0 Å². The van der Waals surface area contributed by atoms with Crippen molar-refractivity contribution in [3.05, 3.63) is 40.2 Å². The van der Waals surface area contributed by atoms with Crippen LogP contribution in [0.1, 0.15) is 23.7 Å². The van der Waals surface area contributed by atoms with Crippen molar-refractivity contribution in [2.45, 2.75) is 13.3 Å². The molecule has 2 rings (SSSR count). The van der Waals surface area contributed by atoms with E-state index in [1.54, 1.807) is 18.2 Å². The number of carbonyl (C=O) groups excluding carboxylic acids is 1. The summed E-state index contributed by atoms with van der Waals surface area (Å²) in [5.74, 6) is 0.161. The first kappa shape index (κ1) is 16.0. The number of hydrogen-bond donors (Lipinski definition) is 1. The summed E-state index contributed by atoms with van der Waals surface area (Å²) in [6.07, 6.45) is 0.891. The zero-order valence-electron chi connectivity index (χ0n) is 12.7. The van der Waals surface area contributed by atoms with Crippen molar-refractivity contribution in [1.82, 2.24) is 5.32 Å². The molecule has 0 aliphatic carbocycles. The molecule has 1 N–H and O–H groups in total. The predicted molar refractivity (Wildman–Crippen MR) is 82.5 cm³/mol. The van der Waals surface area contributed by atoms with Crippen molar-refractivity contribution in [2.24, 2.45) is 0 Å². The molecule has 6 nitrogen and oxygen atoms in total. The Labute approximate surface area is 128 Å². The van der Waals surface area contributed by atoms with Gasteiger partial charge in [-0.2, -0.15) is 0 Å². The van der Waals surface area contributed by atoms with Crippen LogP contribution in [0.25, 0.3) is 11.0 Å². The van der Waals surface area contributed by atoms with Gasteiger partial charge in [0.1, 0.15) is 16.9 Å². The van der Waals surface area contributed by atoms with Crippen LogP contribution < -0.4 is 15.7 Å². The topological polar surface area (TPSA) is 77.8 Å². The Morgan fingerprint density at radius 2 is 2.09 bits per heavy atom. The number of hydrogen-bond acceptors (Lipinski definition) is 5. The van der Waals surface area contributed by atoms with Gasteiger partial charge in [-0.15, -0.1) is 0 Å². The summed E-state index contributed by atoms with van der Waals surface area (Å²) < 4.78 is 15.5. The number of methoxy groups -OCH3 is 1. The minimum absolute atomic E-state index is 0.0224. The smallest absolute Gasteiger partial charge is 0.349 e. The first-order valence-electron chi connectivity index (χ1n) is 7.13. The van der Waals surface area contributed by atoms with Crippen molar-refractivity contribution in [2.75, 3.05) is 26.9 Å². The molecule has 1 amide bonds. The van der Waals surface area contributed by atoms with Gasteiger partial charge in [-0.25, -0.2) is 4.79 Å². The van der Waals surface area contributed by atoms with E-state index in [2.05, 4.69) is 5.32 Å². The third kappa shape index (κ3) is 3.85. The highest BCUT2D eigenvalue weighted by atomic mass is 16.5. The summed E-state index contributed by atoms with van der Waals surface area (Å²) in [4.78, 5) is 23.9. The molecule has 2 aromatic rings. The zero-order valence-corrected chi connectivity index (χ0v) is 12.7. The summed E-state index contributed by atoms with van der Waals surface area (Å²) in [6, 6.07) is 6.71. The van der Waals surface area contributed by atoms with E-state index < -0.39 is 11.5 Å². The Bertz CT molecular complexity index is 707. The Hall–Kier alpha value is -2.34. The van der Waals surface area contributed by atoms with Crippen LogP contribution in [-0.4, -0.2) is 32.8 Å². The summed E-state index contributed by atoms with van der Waals surface area (Å²) in [5.41, 5.74) is -0.298. The first-order valence-corrected chi connectivity index (χ1v) is 7.13. The van der Waals surface area contributed by atoms with Gasteiger partial charge < -0.3 is 19.2 Å². The Balaban J connectivity index is 2.25. The second-order valence-corrected chi connectivity index (χ2v) is 4.74. The molecule has 0 unspecified atom stereocenters. The molecule has 0 saturated heterocycles.